The summed E-state index contributed by atoms with van der Waals surface area (Å²) in [6, 6.07) is 6.66. The number of urea groups is 1. The predicted octanol–water partition coefficient (Wildman–Crippen LogP) is 2.17. The van der Waals surface area contributed by atoms with Crippen LogP contribution in [0.15, 0.2) is 28.8 Å². The van der Waals surface area contributed by atoms with E-state index in [4.69, 9.17) is 16.1 Å². The fourth-order valence-corrected chi connectivity index (χ4v) is 4.43. The van der Waals surface area contributed by atoms with E-state index in [1.54, 1.807) is 24.3 Å². The fourth-order valence-electron chi connectivity index (χ4n) is 4.31. The number of hydrogen-bond donors (Lipinski definition) is 1. The molecule has 146 valence electrons. The van der Waals surface area contributed by atoms with Crippen LogP contribution in [-0.2, 0) is 17.8 Å². The first-order chi connectivity index (χ1) is 13.5. The third-order valence-corrected chi connectivity index (χ3v) is 6.15. The molecule has 3 amide bonds. The standard InChI is InChI=1S/C19H19ClN4O4/c20-12-3-1-10(2-4-12)15(25)7-16-21-17(28-22-16)9-24-18(26)6-14-13-5-11(13)8-23(14)19(24)27/h1-4,11,13-15,25H,5-9H2/t11-,13-,14-,15+/m1/s1. The zero-order valence-electron chi connectivity index (χ0n) is 15.0. The van der Waals surface area contributed by atoms with Crippen molar-refractivity contribution in [3.8, 4) is 0 Å². The molecule has 0 radical (unpaired) electrons. The highest BCUT2D eigenvalue weighted by molar-refractivity contribution is 6.30. The SMILES string of the molecule is O=C1C[C@@H]2[C@@H]3C[C@@H]3CN2C(=O)N1Cc1nc(C[C@H](O)c2ccc(Cl)cc2)no1. The number of hydrogen-bond acceptors (Lipinski definition) is 6. The first-order valence-corrected chi connectivity index (χ1v) is 9.73. The van der Waals surface area contributed by atoms with Gasteiger partial charge in [0, 0.05) is 30.5 Å². The van der Waals surface area contributed by atoms with Gasteiger partial charge in [-0.25, -0.2) is 4.79 Å². The zero-order valence-corrected chi connectivity index (χ0v) is 15.7. The minimum Gasteiger partial charge on any atom is -0.388 e. The van der Waals surface area contributed by atoms with Crippen molar-refractivity contribution < 1.29 is 19.2 Å². The summed E-state index contributed by atoms with van der Waals surface area (Å²) in [6.07, 6.45) is 0.844. The van der Waals surface area contributed by atoms with Gasteiger partial charge in [-0.3, -0.25) is 9.69 Å². The van der Waals surface area contributed by atoms with Gasteiger partial charge in [0.1, 0.15) is 6.54 Å². The number of rotatable bonds is 5. The number of carbonyl (C=O) groups is 2. The number of nitrogens with zero attached hydrogens (tertiary/aromatic N) is 4. The van der Waals surface area contributed by atoms with Gasteiger partial charge in [-0.1, -0.05) is 28.9 Å². The van der Waals surface area contributed by atoms with Crippen molar-refractivity contribution >= 4 is 23.5 Å². The number of imide groups is 1. The molecule has 2 saturated heterocycles. The van der Waals surface area contributed by atoms with Crippen LogP contribution in [0.5, 0.6) is 0 Å². The molecule has 1 aliphatic carbocycles. The Morgan fingerprint density at radius 1 is 1.29 bits per heavy atom. The summed E-state index contributed by atoms with van der Waals surface area (Å²) in [7, 11) is 0. The Morgan fingerprint density at radius 2 is 2.07 bits per heavy atom. The normalized spacial score (nSPS) is 27.0. The molecule has 4 atom stereocenters. The highest BCUT2D eigenvalue weighted by Crippen LogP contribution is 2.52. The molecule has 1 N–H and O–H groups in total. The van der Waals surface area contributed by atoms with E-state index < -0.39 is 6.10 Å². The lowest BCUT2D eigenvalue weighted by atomic mass is 10.1. The number of aromatic nitrogens is 2. The number of amides is 3. The van der Waals surface area contributed by atoms with Crippen LogP contribution in [0, 0.1) is 11.8 Å². The molecule has 5 rings (SSSR count). The van der Waals surface area contributed by atoms with Crippen molar-refractivity contribution in [3.63, 3.8) is 0 Å². The van der Waals surface area contributed by atoms with Gasteiger partial charge in [0.15, 0.2) is 5.82 Å². The average Bonchev–Trinajstić information content (AvgIpc) is 3.15. The maximum atomic E-state index is 12.7. The number of aliphatic hydroxyl groups excluding tert-OH is 1. The summed E-state index contributed by atoms with van der Waals surface area (Å²) >= 11 is 5.86. The summed E-state index contributed by atoms with van der Waals surface area (Å²) in [5.74, 6) is 1.36. The lowest BCUT2D eigenvalue weighted by Crippen LogP contribution is -2.55. The largest absolute Gasteiger partial charge is 0.388 e. The predicted molar refractivity (Wildman–Crippen MR) is 97.1 cm³/mol. The van der Waals surface area contributed by atoms with E-state index in [1.165, 1.54) is 4.90 Å². The number of halogens is 1. The van der Waals surface area contributed by atoms with Crippen LogP contribution in [0.25, 0.3) is 0 Å². The van der Waals surface area contributed by atoms with Crippen molar-refractivity contribution in [2.24, 2.45) is 11.8 Å². The molecular formula is C19H19ClN4O4. The van der Waals surface area contributed by atoms with E-state index in [0.29, 0.717) is 34.7 Å². The zero-order chi connectivity index (χ0) is 19.4. The molecule has 3 fully saturated rings. The highest BCUT2D eigenvalue weighted by atomic mass is 35.5. The number of carbonyl (C=O) groups excluding carboxylic acids is 2. The summed E-state index contributed by atoms with van der Waals surface area (Å²) in [6.45, 7) is 0.695. The van der Waals surface area contributed by atoms with Crippen LogP contribution in [0.3, 0.4) is 0 Å². The van der Waals surface area contributed by atoms with Crippen LogP contribution in [0.4, 0.5) is 4.79 Å². The molecule has 28 heavy (non-hydrogen) atoms. The molecule has 3 heterocycles. The second-order valence-electron chi connectivity index (χ2n) is 7.72. The van der Waals surface area contributed by atoms with Crippen LogP contribution < -0.4 is 0 Å². The van der Waals surface area contributed by atoms with Crippen LogP contribution in [-0.4, -0.2) is 49.6 Å². The van der Waals surface area contributed by atoms with Gasteiger partial charge in [-0.15, -0.1) is 0 Å². The molecule has 3 aliphatic rings. The van der Waals surface area contributed by atoms with E-state index in [9.17, 15) is 14.7 Å². The summed E-state index contributed by atoms with van der Waals surface area (Å²) in [5, 5.41) is 14.8. The fraction of sp³-hybridized carbons (Fsp3) is 0.474. The third-order valence-electron chi connectivity index (χ3n) is 5.90. The van der Waals surface area contributed by atoms with Crippen molar-refractivity contribution in [1.82, 2.24) is 19.9 Å². The molecule has 8 nitrogen and oxygen atoms in total. The van der Waals surface area contributed by atoms with Crippen molar-refractivity contribution in [1.29, 1.82) is 0 Å². The first kappa shape index (κ1) is 17.6. The van der Waals surface area contributed by atoms with Crippen molar-refractivity contribution in [2.45, 2.75) is 38.0 Å². The minimum absolute atomic E-state index is 0.0414. The second-order valence-corrected chi connectivity index (χ2v) is 8.16. The van der Waals surface area contributed by atoms with Gasteiger partial charge in [-0.2, -0.15) is 4.98 Å². The Kier molecular flexibility index (Phi) is 4.13. The van der Waals surface area contributed by atoms with E-state index in [1.807, 2.05) is 4.90 Å². The first-order valence-electron chi connectivity index (χ1n) is 9.35. The number of fused-ring (bicyclic) bond motifs is 3. The van der Waals surface area contributed by atoms with Gasteiger partial charge in [0.25, 0.3) is 0 Å². The average molecular weight is 403 g/mol. The number of piperidine rings is 1. The third kappa shape index (κ3) is 3.06. The molecule has 2 aliphatic heterocycles. The van der Waals surface area contributed by atoms with Gasteiger partial charge >= 0.3 is 6.03 Å². The molecule has 1 aromatic carbocycles. The lowest BCUT2D eigenvalue weighted by Gasteiger charge is -2.37. The maximum absolute atomic E-state index is 12.7. The smallest absolute Gasteiger partial charge is 0.327 e. The Morgan fingerprint density at radius 3 is 2.86 bits per heavy atom. The van der Waals surface area contributed by atoms with Gasteiger partial charge in [0.2, 0.25) is 11.8 Å². The van der Waals surface area contributed by atoms with Crippen LogP contribution in [0.1, 0.15) is 36.2 Å². The van der Waals surface area contributed by atoms with E-state index >= 15 is 0 Å². The molecular weight excluding hydrogens is 384 g/mol. The minimum atomic E-state index is -0.807. The van der Waals surface area contributed by atoms with Crippen LogP contribution in [0.2, 0.25) is 5.02 Å². The summed E-state index contributed by atoms with van der Waals surface area (Å²) in [4.78, 5) is 32.4. The van der Waals surface area contributed by atoms with Gasteiger partial charge < -0.3 is 14.5 Å². The molecule has 0 spiro atoms. The molecule has 2 aromatic rings. The number of aliphatic hydroxyl groups is 1. The Balaban J connectivity index is 1.24. The molecule has 9 heteroatoms. The topological polar surface area (TPSA) is 99.8 Å². The van der Waals surface area contributed by atoms with E-state index in [-0.39, 0.29) is 36.8 Å². The Bertz CT molecular complexity index is 930. The molecule has 1 saturated carbocycles. The summed E-state index contributed by atoms with van der Waals surface area (Å²) in [5.41, 5.74) is 0.691. The highest BCUT2D eigenvalue weighted by Gasteiger charge is 2.57. The van der Waals surface area contributed by atoms with Gasteiger partial charge in [-0.05, 0) is 36.0 Å². The van der Waals surface area contributed by atoms with Gasteiger partial charge in [0.05, 0.1) is 6.10 Å². The maximum Gasteiger partial charge on any atom is 0.327 e. The van der Waals surface area contributed by atoms with E-state index in [0.717, 1.165) is 13.0 Å². The second kappa shape index (κ2) is 6.56. The van der Waals surface area contributed by atoms with E-state index in [2.05, 4.69) is 10.1 Å². The van der Waals surface area contributed by atoms with Crippen molar-refractivity contribution in [2.75, 3.05) is 6.54 Å². The molecule has 0 bridgehead atoms. The quantitative estimate of drug-likeness (QED) is 0.822. The Hall–Kier alpha value is -2.45. The molecule has 1 aromatic heterocycles. The monoisotopic (exact) mass is 402 g/mol. The number of benzene rings is 1. The van der Waals surface area contributed by atoms with Crippen LogP contribution >= 0.6 is 11.6 Å². The summed E-state index contributed by atoms with van der Waals surface area (Å²) < 4.78 is 5.20. The Labute approximate surface area is 166 Å². The lowest BCUT2D eigenvalue weighted by molar-refractivity contribution is -0.133. The van der Waals surface area contributed by atoms with Crippen molar-refractivity contribution in [3.05, 3.63) is 46.6 Å². The molecule has 0 unspecified atom stereocenters.